The van der Waals surface area contributed by atoms with Crippen LogP contribution in [-0.2, 0) is 4.79 Å². The van der Waals surface area contributed by atoms with Crippen LogP contribution >= 0.6 is 11.6 Å². The van der Waals surface area contributed by atoms with E-state index in [4.69, 9.17) is 21.6 Å². The lowest BCUT2D eigenvalue weighted by Gasteiger charge is -2.46. The van der Waals surface area contributed by atoms with Crippen molar-refractivity contribution >= 4 is 34.8 Å². The van der Waals surface area contributed by atoms with Crippen LogP contribution in [0.5, 0.6) is 0 Å². The molecule has 2 aromatic heterocycles. The van der Waals surface area contributed by atoms with Crippen molar-refractivity contribution in [3.05, 3.63) is 95.3 Å². The minimum absolute atomic E-state index is 0.0556. The van der Waals surface area contributed by atoms with Gasteiger partial charge in [0.1, 0.15) is 17.5 Å². The largest absolute Gasteiger partial charge is 0.349 e. The normalized spacial score (nSPS) is 18.9. The summed E-state index contributed by atoms with van der Waals surface area (Å²) in [7, 11) is 0. The fraction of sp³-hybridized carbons (Fsp3) is 0.312. The van der Waals surface area contributed by atoms with Gasteiger partial charge < -0.3 is 9.80 Å². The monoisotopic (exact) mass is 572 g/mol. The molecule has 41 heavy (non-hydrogen) atoms. The lowest BCUT2D eigenvalue weighted by atomic mass is 9.98. The highest BCUT2D eigenvalue weighted by Crippen LogP contribution is 2.44. The van der Waals surface area contributed by atoms with Gasteiger partial charge >= 0.3 is 0 Å². The molecule has 1 saturated heterocycles. The summed E-state index contributed by atoms with van der Waals surface area (Å²) < 4.78 is 15.0. The maximum Gasteiger partial charge on any atom is 0.246 e. The molecule has 2 aliphatic heterocycles. The standard InChI is InChI=1S/C32H34ClFN6O/c1-8-28(41)38-16-21(6)39(17-20(38)5)31-24-13-26(33)29(23-11-9-10-12-27(23)34)37-32(24)40(22(7)36-31)30-19(4)14-35-15-25(30)18(2)3/h8-15,18,20-21H,1,7,16-17H2,2-6H3. The van der Waals surface area contributed by atoms with E-state index in [9.17, 15) is 4.79 Å². The summed E-state index contributed by atoms with van der Waals surface area (Å²) in [4.78, 5) is 32.9. The van der Waals surface area contributed by atoms with Crippen molar-refractivity contribution in [1.29, 1.82) is 0 Å². The Balaban J connectivity index is 1.72. The molecule has 1 fully saturated rings. The molecule has 9 heteroatoms. The fourth-order valence-electron chi connectivity index (χ4n) is 5.62. The number of hydrogen-bond acceptors (Lipinski definition) is 6. The molecule has 2 aliphatic rings. The predicted molar refractivity (Wildman–Crippen MR) is 163 cm³/mol. The Morgan fingerprint density at radius 2 is 1.88 bits per heavy atom. The number of pyridine rings is 2. The third-order valence-corrected chi connectivity index (χ3v) is 8.01. The molecule has 0 saturated carbocycles. The first kappa shape index (κ1) is 28.5. The summed E-state index contributed by atoms with van der Waals surface area (Å²) in [6.07, 6.45) is 5.01. The van der Waals surface area contributed by atoms with Crippen molar-refractivity contribution in [3.8, 4) is 11.3 Å². The fourth-order valence-corrected chi connectivity index (χ4v) is 5.87. The van der Waals surface area contributed by atoms with Gasteiger partial charge in [-0.05, 0) is 62.1 Å². The number of hydrogen-bond donors (Lipinski definition) is 0. The third kappa shape index (κ3) is 5.01. The lowest BCUT2D eigenvalue weighted by molar-refractivity contribution is -0.130. The Morgan fingerprint density at radius 3 is 2.56 bits per heavy atom. The number of carbonyl (C=O) groups is 1. The second-order valence-corrected chi connectivity index (χ2v) is 11.4. The summed E-state index contributed by atoms with van der Waals surface area (Å²) in [6.45, 7) is 19.3. The zero-order chi connectivity index (χ0) is 29.6. The molecule has 0 bridgehead atoms. The van der Waals surface area contributed by atoms with Crippen molar-refractivity contribution < 1.29 is 9.18 Å². The number of nitrogens with zero attached hydrogens (tertiary/aromatic N) is 6. The summed E-state index contributed by atoms with van der Waals surface area (Å²) in [6, 6.07) is 8.14. The van der Waals surface area contributed by atoms with Gasteiger partial charge in [-0.15, -0.1) is 0 Å². The van der Waals surface area contributed by atoms with E-state index in [2.05, 4.69) is 43.8 Å². The van der Waals surface area contributed by atoms with Crippen molar-refractivity contribution in [2.24, 2.45) is 4.99 Å². The van der Waals surface area contributed by atoms with E-state index < -0.39 is 5.82 Å². The zero-order valence-electron chi connectivity index (χ0n) is 24.0. The van der Waals surface area contributed by atoms with E-state index in [1.165, 1.54) is 12.1 Å². The van der Waals surface area contributed by atoms with Crippen LogP contribution in [0.2, 0.25) is 5.02 Å². The first-order valence-electron chi connectivity index (χ1n) is 13.7. The van der Waals surface area contributed by atoms with Gasteiger partial charge in [0.2, 0.25) is 5.91 Å². The van der Waals surface area contributed by atoms with Gasteiger partial charge in [-0.25, -0.2) is 14.4 Å². The Kier molecular flexibility index (Phi) is 7.70. The SMILES string of the molecule is C=CC(=O)N1CC(C)N(C2=NC(=C)N(c3c(C)cncc3C(C)C)c3nc(-c4ccccc4F)c(Cl)cc32)CC1C. The molecule has 1 aromatic carbocycles. The number of amidine groups is 1. The highest BCUT2D eigenvalue weighted by atomic mass is 35.5. The van der Waals surface area contributed by atoms with E-state index in [0.717, 1.165) is 16.8 Å². The molecule has 2 unspecified atom stereocenters. The molecule has 0 radical (unpaired) electrons. The van der Waals surface area contributed by atoms with Crippen molar-refractivity contribution in [1.82, 2.24) is 19.8 Å². The van der Waals surface area contributed by atoms with Gasteiger partial charge in [-0.1, -0.05) is 50.7 Å². The van der Waals surface area contributed by atoms with Crippen molar-refractivity contribution in [2.75, 3.05) is 18.0 Å². The molecule has 7 nitrogen and oxygen atoms in total. The van der Waals surface area contributed by atoms with E-state index in [1.54, 1.807) is 24.4 Å². The molecule has 0 spiro atoms. The lowest BCUT2D eigenvalue weighted by Crippen LogP contribution is -2.59. The van der Waals surface area contributed by atoms with Gasteiger partial charge in [0, 0.05) is 43.1 Å². The Bertz CT molecular complexity index is 1580. The topological polar surface area (TPSA) is 64.9 Å². The predicted octanol–water partition coefficient (Wildman–Crippen LogP) is 6.84. The minimum atomic E-state index is -0.412. The summed E-state index contributed by atoms with van der Waals surface area (Å²) >= 11 is 6.85. The number of carbonyl (C=O) groups excluding carboxylic acids is 1. The molecule has 1 amide bonds. The van der Waals surface area contributed by atoms with Crippen LogP contribution in [0.4, 0.5) is 15.9 Å². The van der Waals surface area contributed by atoms with Crippen LogP contribution in [0.3, 0.4) is 0 Å². The number of amides is 1. The van der Waals surface area contributed by atoms with Gasteiger partial charge in [-0.2, -0.15) is 0 Å². The molecular weight excluding hydrogens is 539 g/mol. The van der Waals surface area contributed by atoms with E-state index in [0.29, 0.717) is 52.4 Å². The van der Waals surface area contributed by atoms with Crippen LogP contribution in [0, 0.1) is 12.7 Å². The highest BCUT2D eigenvalue weighted by molar-refractivity contribution is 6.33. The average molecular weight is 573 g/mol. The van der Waals surface area contributed by atoms with Crippen molar-refractivity contribution in [2.45, 2.75) is 52.6 Å². The second kappa shape index (κ2) is 11.1. The second-order valence-electron chi connectivity index (χ2n) is 11.0. The summed E-state index contributed by atoms with van der Waals surface area (Å²) in [5.41, 5.74) is 4.19. The average Bonchev–Trinajstić information content (AvgIpc) is 2.94. The molecule has 212 valence electrons. The number of aryl methyl sites for hydroxylation is 1. The smallest absolute Gasteiger partial charge is 0.246 e. The van der Waals surface area contributed by atoms with E-state index >= 15 is 4.39 Å². The number of fused-ring (bicyclic) bond motifs is 1. The van der Waals surface area contributed by atoms with Crippen LogP contribution < -0.4 is 4.90 Å². The number of aromatic nitrogens is 2. The Hall–Kier alpha value is -4.04. The number of halogens is 2. The minimum Gasteiger partial charge on any atom is -0.349 e. The van der Waals surface area contributed by atoms with Gasteiger partial charge in [0.15, 0.2) is 5.82 Å². The van der Waals surface area contributed by atoms with Gasteiger partial charge in [0.05, 0.1) is 22.0 Å². The third-order valence-electron chi connectivity index (χ3n) is 7.72. The molecular formula is C32H34ClFN6O. The highest BCUT2D eigenvalue weighted by Gasteiger charge is 2.38. The van der Waals surface area contributed by atoms with Crippen molar-refractivity contribution in [3.63, 3.8) is 0 Å². The summed E-state index contributed by atoms with van der Waals surface area (Å²) in [5, 5.41) is 0.311. The first-order chi connectivity index (χ1) is 19.5. The molecule has 2 atom stereocenters. The van der Waals surface area contributed by atoms with E-state index in [-0.39, 0.29) is 23.9 Å². The maximum atomic E-state index is 15.0. The van der Waals surface area contributed by atoms with Gasteiger partial charge in [-0.3, -0.25) is 14.7 Å². The molecule has 5 rings (SSSR count). The number of anilines is 2. The maximum absolute atomic E-state index is 15.0. The number of benzene rings is 1. The molecule has 4 heterocycles. The summed E-state index contributed by atoms with van der Waals surface area (Å²) in [5.74, 6) is 1.35. The number of piperazine rings is 1. The first-order valence-corrected chi connectivity index (χ1v) is 14.1. The number of aliphatic imine (C=N–C) groups is 1. The van der Waals surface area contributed by atoms with E-state index in [1.807, 2.05) is 35.9 Å². The molecule has 3 aromatic rings. The quantitative estimate of drug-likeness (QED) is 0.320. The van der Waals surface area contributed by atoms with Gasteiger partial charge in [0.25, 0.3) is 0 Å². The van der Waals surface area contributed by atoms with Crippen LogP contribution in [0.15, 0.2) is 72.8 Å². The Labute approximate surface area is 245 Å². The zero-order valence-corrected chi connectivity index (χ0v) is 24.8. The number of rotatable bonds is 4. The van der Waals surface area contributed by atoms with Crippen LogP contribution in [0.25, 0.3) is 11.3 Å². The molecule has 0 aliphatic carbocycles. The van der Waals surface area contributed by atoms with Crippen LogP contribution in [0.1, 0.15) is 50.3 Å². The van der Waals surface area contributed by atoms with Crippen LogP contribution in [-0.4, -0.2) is 56.7 Å². The molecule has 0 N–H and O–H groups in total. The Morgan fingerprint density at radius 1 is 1.15 bits per heavy atom.